The quantitative estimate of drug-likeness (QED) is 0.803. The van der Waals surface area contributed by atoms with E-state index in [1.807, 2.05) is 12.1 Å². The van der Waals surface area contributed by atoms with Crippen LogP contribution in [-0.2, 0) is 9.84 Å². The molecule has 0 saturated heterocycles. The third-order valence-corrected chi connectivity index (χ3v) is 4.53. The lowest BCUT2D eigenvalue weighted by Gasteiger charge is -2.07. The van der Waals surface area contributed by atoms with Gasteiger partial charge in [-0.05, 0) is 41.8 Å². The molecule has 0 radical (unpaired) electrons. The summed E-state index contributed by atoms with van der Waals surface area (Å²) in [5.41, 5.74) is 0.916. The summed E-state index contributed by atoms with van der Waals surface area (Å²) in [4.78, 5) is 16.5. The Bertz CT molecular complexity index is 997. The van der Waals surface area contributed by atoms with Gasteiger partial charge in [0, 0.05) is 35.3 Å². The molecule has 2 aromatic carbocycles. The van der Waals surface area contributed by atoms with Gasteiger partial charge in [-0.3, -0.25) is 9.78 Å². The van der Waals surface area contributed by atoms with Crippen LogP contribution < -0.4 is 5.32 Å². The lowest BCUT2D eigenvalue weighted by molar-refractivity contribution is 0.102. The maximum absolute atomic E-state index is 12.3. The van der Waals surface area contributed by atoms with Crippen LogP contribution in [0.5, 0.6) is 0 Å². The molecule has 1 amide bonds. The highest BCUT2D eigenvalue weighted by Crippen LogP contribution is 2.18. The van der Waals surface area contributed by atoms with Gasteiger partial charge >= 0.3 is 0 Å². The largest absolute Gasteiger partial charge is 0.322 e. The van der Waals surface area contributed by atoms with Crippen molar-refractivity contribution in [3.8, 4) is 0 Å². The number of hydrogen-bond donors (Lipinski definition) is 1. The molecule has 1 heterocycles. The van der Waals surface area contributed by atoms with Crippen molar-refractivity contribution in [2.75, 3.05) is 11.6 Å². The molecule has 0 spiro atoms. The molecule has 0 bridgehead atoms. The minimum atomic E-state index is -3.31. The van der Waals surface area contributed by atoms with E-state index in [4.69, 9.17) is 0 Å². The SMILES string of the molecule is CS(=O)(=O)c1cccc(NC(=O)c2ccc3ccncc3c2)c1. The highest BCUT2D eigenvalue weighted by atomic mass is 32.2. The summed E-state index contributed by atoms with van der Waals surface area (Å²) in [6.07, 6.45) is 4.51. The summed E-state index contributed by atoms with van der Waals surface area (Å²) in [5.74, 6) is -0.304. The van der Waals surface area contributed by atoms with Crippen LogP contribution >= 0.6 is 0 Å². The number of nitrogens with zero attached hydrogens (tertiary/aromatic N) is 1. The molecule has 0 aliphatic heterocycles. The minimum absolute atomic E-state index is 0.165. The predicted molar refractivity (Wildman–Crippen MR) is 89.2 cm³/mol. The molecule has 0 saturated carbocycles. The van der Waals surface area contributed by atoms with Crippen molar-refractivity contribution >= 4 is 32.2 Å². The summed E-state index contributed by atoms with van der Waals surface area (Å²) < 4.78 is 23.1. The molecule has 3 rings (SSSR count). The van der Waals surface area contributed by atoms with Gasteiger partial charge in [0.25, 0.3) is 5.91 Å². The van der Waals surface area contributed by atoms with Gasteiger partial charge in [-0.15, -0.1) is 0 Å². The van der Waals surface area contributed by atoms with Crippen LogP contribution in [0.3, 0.4) is 0 Å². The molecule has 3 aromatic rings. The van der Waals surface area contributed by atoms with E-state index in [0.717, 1.165) is 17.0 Å². The third kappa shape index (κ3) is 3.37. The van der Waals surface area contributed by atoms with E-state index in [2.05, 4.69) is 10.3 Å². The first-order valence-electron chi connectivity index (χ1n) is 6.89. The van der Waals surface area contributed by atoms with E-state index in [9.17, 15) is 13.2 Å². The van der Waals surface area contributed by atoms with Gasteiger partial charge in [-0.1, -0.05) is 12.1 Å². The number of benzene rings is 2. The smallest absolute Gasteiger partial charge is 0.255 e. The van der Waals surface area contributed by atoms with Crippen molar-refractivity contribution in [3.63, 3.8) is 0 Å². The number of carbonyl (C=O) groups is 1. The van der Waals surface area contributed by atoms with E-state index < -0.39 is 9.84 Å². The van der Waals surface area contributed by atoms with Crippen molar-refractivity contribution in [2.24, 2.45) is 0 Å². The minimum Gasteiger partial charge on any atom is -0.322 e. The molecular weight excluding hydrogens is 312 g/mol. The molecule has 0 aliphatic rings. The molecule has 0 fully saturated rings. The number of amides is 1. The maximum atomic E-state index is 12.3. The van der Waals surface area contributed by atoms with Crippen molar-refractivity contribution in [2.45, 2.75) is 4.90 Å². The van der Waals surface area contributed by atoms with Gasteiger partial charge in [-0.25, -0.2) is 8.42 Å². The maximum Gasteiger partial charge on any atom is 0.255 e. The van der Waals surface area contributed by atoms with Crippen LogP contribution in [0.2, 0.25) is 0 Å². The highest BCUT2D eigenvalue weighted by Gasteiger charge is 2.10. The van der Waals surface area contributed by atoms with E-state index in [1.54, 1.807) is 36.7 Å². The second-order valence-electron chi connectivity index (χ2n) is 5.19. The van der Waals surface area contributed by atoms with Gasteiger partial charge in [0.1, 0.15) is 0 Å². The number of pyridine rings is 1. The Morgan fingerprint density at radius 3 is 2.65 bits per heavy atom. The Morgan fingerprint density at radius 2 is 1.87 bits per heavy atom. The van der Waals surface area contributed by atoms with Crippen molar-refractivity contribution in [1.82, 2.24) is 4.98 Å². The van der Waals surface area contributed by atoms with Crippen LogP contribution in [0.15, 0.2) is 65.8 Å². The highest BCUT2D eigenvalue weighted by molar-refractivity contribution is 7.90. The fourth-order valence-electron chi connectivity index (χ4n) is 2.23. The Hall–Kier alpha value is -2.73. The standard InChI is InChI=1S/C17H14N2O3S/c1-23(21,22)16-4-2-3-15(10-16)19-17(20)13-6-5-12-7-8-18-11-14(12)9-13/h2-11H,1H3,(H,19,20). The van der Waals surface area contributed by atoms with E-state index in [1.165, 1.54) is 12.1 Å². The second-order valence-corrected chi connectivity index (χ2v) is 7.21. The molecule has 1 N–H and O–H groups in total. The lowest BCUT2D eigenvalue weighted by atomic mass is 10.1. The zero-order valence-electron chi connectivity index (χ0n) is 12.4. The first-order chi connectivity index (χ1) is 10.9. The van der Waals surface area contributed by atoms with Crippen molar-refractivity contribution in [1.29, 1.82) is 0 Å². The molecule has 5 nitrogen and oxygen atoms in total. The number of carbonyl (C=O) groups excluding carboxylic acids is 1. The van der Waals surface area contributed by atoms with E-state index >= 15 is 0 Å². The number of aromatic nitrogens is 1. The molecule has 0 unspecified atom stereocenters. The first kappa shape index (κ1) is 15.2. The average Bonchev–Trinajstić information content (AvgIpc) is 2.54. The number of hydrogen-bond acceptors (Lipinski definition) is 4. The topological polar surface area (TPSA) is 76.1 Å². The normalized spacial score (nSPS) is 11.3. The molecule has 116 valence electrons. The fourth-order valence-corrected chi connectivity index (χ4v) is 2.90. The third-order valence-electron chi connectivity index (χ3n) is 3.42. The van der Waals surface area contributed by atoms with Gasteiger partial charge in [0.05, 0.1) is 4.90 Å². The summed E-state index contributed by atoms with van der Waals surface area (Å²) in [6, 6.07) is 13.4. The van der Waals surface area contributed by atoms with Gasteiger partial charge in [0.2, 0.25) is 0 Å². The van der Waals surface area contributed by atoms with Gasteiger partial charge in [-0.2, -0.15) is 0 Å². The summed E-state index contributed by atoms with van der Waals surface area (Å²) in [7, 11) is -3.31. The zero-order chi connectivity index (χ0) is 16.4. The molecule has 6 heteroatoms. The number of fused-ring (bicyclic) bond motifs is 1. The lowest BCUT2D eigenvalue weighted by Crippen LogP contribution is -2.12. The predicted octanol–water partition coefficient (Wildman–Crippen LogP) is 2.89. The number of sulfone groups is 1. The zero-order valence-corrected chi connectivity index (χ0v) is 13.2. The first-order valence-corrected chi connectivity index (χ1v) is 8.78. The molecule has 23 heavy (non-hydrogen) atoms. The summed E-state index contributed by atoms with van der Waals surface area (Å²) in [5, 5.41) is 4.57. The van der Waals surface area contributed by atoms with Crippen LogP contribution in [0.1, 0.15) is 10.4 Å². The Balaban J connectivity index is 1.88. The van der Waals surface area contributed by atoms with Crippen LogP contribution in [-0.4, -0.2) is 25.6 Å². The van der Waals surface area contributed by atoms with Crippen LogP contribution in [0.4, 0.5) is 5.69 Å². The van der Waals surface area contributed by atoms with Crippen LogP contribution in [0, 0.1) is 0 Å². The van der Waals surface area contributed by atoms with Crippen LogP contribution in [0.25, 0.3) is 10.8 Å². The molecule has 1 aromatic heterocycles. The second kappa shape index (κ2) is 5.81. The van der Waals surface area contributed by atoms with E-state index in [-0.39, 0.29) is 10.8 Å². The molecule has 0 atom stereocenters. The molecule has 0 aliphatic carbocycles. The number of anilines is 1. The Labute approximate surface area is 133 Å². The Kier molecular flexibility index (Phi) is 3.83. The van der Waals surface area contributed by atoms with Gasteiger partial charge in [0.15, 0.2) is 9.84 Å². The monoisotopic (exact) mass is 326 g/mol. The van der Waals surface area contributed by atoms with Crippen molar-refractivity contribution < 1.29 is 13.2 Å². The van der Waals surface area contributed by atoms with Crippen molar-refractivity contribution in [3.05, 3.63) is 66.5 Å². The Morgan fingerprint density at radius 1 is 1.04 bits per heavy atom. The summed E-state index contributed by atoms with van der Waals surface area (Å²) in [6.45, 7) is 0. The molecular formula is C17H14N2O3S. The number of nitrogens with one attached hydrogen (secondary N) is 1. The number of rotatable bonds is 3. The summed E-state index contributed by atoms with van der Waals surface area (Å²) >= 11 is 0. The fraction of sp³-hybridized carbons (Fsp3) is 0.0588. The van der Waals surface area contributed by atoms with Gasteiger partial charge < -0.3 is 5.32 Å². The van der Waals surface area contributed by atoms with E-state index in [0.29, 0.717) is 11.3 Å². The average molecular weight is 326 g/mol.